The number of imide groups is 1. The number of ketones is 1. The third-order valence-electron chi connectivity index (χ3n) is 7.09. The molecule has 1 saturated carbocycles. The van der Waals surface area contributed by atoms with E-state index in [1.165, 1.54) is 47.7 Å². The fourth-order valence-corrected chi connectivity index (χ4v) is 6.75. The van der Waals surface area contributed by atoms with Crippen LogP contribution in [0, 0.1) is 22.0 Å². The van der Waals surface area contributed by atoms with Gasteiger partial charge >= 0.3 is 5.97 Å². The molecule has 0 N–H and O–H groups in total. The molecule has 2 heterocycles. The number of hydrogen-bond donors (Lipinski definition) is 0. The highest BCUT2D eigenvalue weighted by Crippen LogP contribution is 2.43. The Hall–Kier alpha value is -3.75. The predicted octanol–water partition coefficient (Wildman–Crippen LogP) is 5.04. The number of thiophene rings is 1. The zero-order valence-electron chi connectivity index (χ0n) is 21.6. The number of Topliss-reactive ketones (excluding diaryl/α,β-unsaturated/α-hetero) is 1. The Morgan fingerprint density at radius 3 is 2.02 bits per heavy atom. The maximum Gasteiger partial charge on any atom is 0.353 e. The molecule has 42 heavy (non-hydrogen) atoms. The number of amides is 3. The lowest BCUT2D eigenvalue weighted by Gasteiger charge is -2.30. The number of carbonyl (C=O) groups is 5. The van der Waals surface area contributed by atoms with Gasteiger partial charge in [0.05, 0.1) is 16.8 Å². The number of rotatable bonds is 8. The van der Waals surface area contributed by atoms with Gasteiger partial charge < -0.3 is 4.74 Å². The number of alkyl halides is 2. The molecule has 14 heteroatoms. The first-order chi connectivity index (χ1) is 20.0. The first-order valence-electron chi connectivity index (χ1n) is 12.7. The van der Waals surface area contributed by atoms with Crippen molar-refractivity contribution in [3.63, 3.8) is 0 Å². The highest BCUT2D eigenvalue weighted by Gasteiger charge is 2.54. The van der Waals surface area contributed by atoms with E-state index in [0.717, 1.165) is 22.2 Å². The van der Waals surface area contributed by atoms with Gasteiger partial charge in [0.2, 0.25) is 0 Å². The molecule has 1 aliphatic carbocycles. The van der Waals surface area contributed by atoms with Crippen molar-refractivity contribution in [1.82, 2.24) is 10.0 Å². The lowest BCUT2D eigenvalue weighted by molar-refractivity contribution is -0.384. The standard InChI is InChI=1S/C28H21Br2N3O8S/c29-21-12-19-20(13-22(21)30)27(37)32(26(19)36)31(25(35)16-3-7-17(8-4-16)33(39)40)14-23(34)15-5-9-18(10-6-15)41-28(38)24-2-1-11-42-24/h1-11,19-22H,12-14H2/t19-,20-,21-,22+/m1/s1. The Labute approximate surface area is 259 Å². The maximum absolute atomic E-state index is 13.7. The fraction of sp³-hybridized carbons (Fsp3) is 0.250. The zero-order valence-corrected chi connectivity index (χ0v) is 25.5. The summed E-state index contributed by atoms with van der Waals surface area (Å²) in [5.41, 5.74) is -0.151. The zero-order chi connectivity index (χ0) is 30.1. The number of hydrogen-bond acceptors (Lipinski definition) is 9. The topological polar surface area (TPSA) is 144 Å². The van der Waals surface area contributed by atoms with Crippen LogP contribution in [0.3, 0.4) is 0 Å². The lowest BCUT2D eigenvalue weighted by Crippen LogP contribution is -2.52. The molecule has 4 atom stereocenters. The number of fused-ring (bicyclic) bond motifs is 1. The first kappa shape index (κ1) is 29.7. The molecule has 3 amide bonds. The minimum atomic E-state index is -0.842. The van der Waals surface area contributed by atoms with Gasteiger partial charge in [0, 0.05) is 32.9 Å². The van der Waals surface area contributed by atoms with Crippen LogP contribution < -0.4 is 4.74 Å². The molecule has 2 fully saturated rings. The summed E-state index contributed by atoms with van der Waals surface area (Å²) in [4.78, 5) is 77.1. The van der Waals surface area contributed by atoms with Crippen LogP contribution in [0.5, 0.6) is 5.75 Å². The number of nitro groups is 1. The van der Waals surface area contributed by atoms with Crippen molar-refractivity contribution < 1.29 is 33.6 Å². The van der Waals surface area contributed by atoms with Crippen molar-refractivity contribution in [3.05, 3.63) is 92.2 Å². The molecule has 2 aliphatic rings. The average Bonchev–Trinajstić information content (AvgIpc) is 3.60. The van der Waals surface area contributed by atoms with Crippen molar-refractivity contribution in [2.24, 2.45) is 11.8 Å². The van der Waals surface area contributed by atoms with Gasteiger partial charge in [-0.2, -0.15) is 5.01 Å². The molecule has 3 aromatic rings. The van der Waals surface area contributed by atoms with E-state index in [0.29, 0.717) is 17.7 Å². The Balaban J connectivity index is 1.41. The molecule has 0 spiro atoms. The van der Waals surface area contributed by atoms with Crippen LogP contribution in [-0.2, 0) is 9.59 Å². The van der Waals surface area contributed by atoms with Gasteiger partial charge in [-0.15, -0.1) is 11.3 Å². The summed E-state index contributed by atoms with van der Waals surface area (Å²) >= 11 is 8.29. The van der Waals surface area contributed by atoms with E-state index in [4.69, 9.17) is 4.74 Å². The maximum atomic E-state index is 13.7. The number of non-ortho nitro benzene ring substituents is 1. The van der Waals surface area contributed by atoms with Gasteiger partial charge in [-0.25, -0.2) is 9.80 Å². The molecule has 1 aromatic heterocycles. The van der Waals surface area contributed by atoms with Crippen LogP contribution in [0.1, 0.15) is 43.2 Å². The summed E-state index contributed by atoms with van der Waals surface area (Å²) in [5.74, 6) is -4.30. The third kappa shape index (κ3) is 5.92. The molecule has 0 bridgehead atoms. The van der Waals surface area contributed by atoms with Crippen LogP contribution >= 0.6 is 43.2 Å². The minimum absolute atomic E-state index is 0.0450. The van der Waals surface area contributed by atoms with Crippen LogP contribution in [0.2, 0.25) is 0 Å². The molecule has 1 saturated heterocycles. The summed E-state index contributed by atoms with van der Waals surface area (Å²) in [7, 11) is 0. The summed E-state index contributed by atoms with van der Waals surface area (Å²) in [6.45, 7) is -0.656. The SMILES string of the molecule is O=C(CN(C(=O)c1ccc([N+](=O)[O-])cc1)N1C(=O)[C@@H]2C[C@@H](Br)[C@@H](Br)C[C@H]2C1=O)c1ccc(OC(=O)c2cccs2)cc1. The fourth-order valence-electron chi connectivity index (χ4n) is 4.91. The smallest absolute Gasteiger partial charge is 0.353 e. The summed E-state index contributed by atoms with van der Waals surface area (Å²) in [6.07, 6.45) is 0.724. The predicted molar refractivity (Wildman–Crippen MR) is 158 cm³/mol. The largest absolute Gasteiger partial charge is 0.422 e. The number of hydrazine groups is 1. The first-order valence-corrected chi connectivity index (χ1v) is 15.4. The van der Waals surface area contributed by atoms with E-state index in [2.05, 4.69) is 31.9 Å². The number of nitrogens with zero attached hydrogens (tertiary/aromatic N) is 3. The molecule has 5 rings (SSSR count). The van der Waals surface area contributed by atoms with Crippen molar-refractivity contribution in [3.8, 4) is 5.75 Å². The molecule has 11 nitrogen and oxygen atoms in total. The van der Waals surface area contributed by atoms with E-state index in [9.17, 15) is 34.1 Å². The van der Waals surface area contributed by atoms with Crippen molar-refractivity contribution in [1.29, 1.82) is 0 Å². The number of esters is 1. The number of halogens is 2. The van der Waals surface area contributed by atoms with Crippen LogP contribution in [0.15, 0.2) is 66.0 Å². The quantitative estimate of drug-likeness (QED) is 0.0600. The van der Waals surface area contributed by atoms with Gasteiger partial charge in [0.1, 0.15) is 17.2 Å². The second-order valence-corrected chi connectivity index (χ2v) is 13.0. The summed E-state index contributed by atoms with van der Waals surface area (Å²) in [6, 6.07) is 13.7. The van der Waals surface area contributed by atoms with E-state index < -0.39 is 52.8 Å². The molecule has 1 aliphatic heterocycles. The van der Waals surface area contributed by atoms with Crippen LogP contribution in [0.4, 0.5) is 5.69 Å². The molecular formula is C28H21Br2N3O8S. The highest BCUT2D eigenvalue weighted by atomic mass is 79.9. The Kier molecular flexibility index (Phi) is 8.66. The van der Waals surface area contributed by atoms with Gasteiger partial charge in [-0.3, -0.25) is 29.3 Å². The van der Waals surface area contributed by atoms with Crippen LogP contribution in [-0.4, -0.2) is 60.6 Å². The van der Waals surface area contributed by atoms with Crippen LogP contribution in [0.25, 0.3) is 0 Å². The molecule has 2 aromatic carbocycles. The van der Waals surface area contributed by atoms with Crippen molar-refractivity contribution in [2.45, 2.75) is 22.5 Å². The number of ether oxygens (including phenoxy) is 1. The highest BCUT2D eigenvalue weighted by molar-refractivity contribution is 9.12. The van der Waals surface area contributed by atoms with Crippen molar-refractivity contribution >= 4 is 78.4 Å². The van der Waals surface area contributed by atoms with Crippen molar-refractivity contribution in [2.75, 3.05) is 6.54 Å². The second kappa shape index (κ2) is 12.2. The van der Waals surface area contributed by atoms with E-state index in [-0.39, 0.29) is 32.2 Å². The number of nitro benzene ring substituents is 1. The van der Waals surface area contributed by atoms with E-state index in [1.807, 2.05) is 0 Å². The number of benzene rings is 2. The average molecular weight is 719 g/mol. The normalized spacial score (nSPS) is 21.5. The molecule has 0 unspecified atom stereocenters. The summed E-state index contributed by atoms with van der Waals surface area (Å²) in [5, 5.41) is 14.4. The van der Waals surface area contributed by atoms with Gasteiger partial charge in [0.25, 0.3) is 23.4 Å². The monoisotopic (exact) mass is 717 g/mol. The Morgan fingerprint density at radius 1 is 0.929 bits per heavy atom. The minimum Gasteiger partial charge on any atom is -0.422 e. The summed E-state index contributed by atoms with van der Waals surface area (Å²) < 4.78 is 5.32. The van der Waals surface area contributed by atoms with E-state index >= 15 is 0 Å². The number of carbonyl (C=O) groups excluding carboxylic acids is 5. The Bertz CT molecular complexity index is 1530. The van der Waals surface area contributed by atoms with E-state index in [1.54, 1.807) is 17.5 Å². The Morgan fingerprint density at radius 2 is 1.50 bits per heavy atom. The van der Waals surface area contributed by atoms with Gasteiger partial charge in [-0.05, 0) is 60.7 Å². The molecular weight excluding hydrogens is 698 g/mol. The third-order valence-corrected chi connectivity index (χ3v) is 10.7. The molecule has 216 valence electrons. The molecule has 0 radical (unpaired) electrons. The van der Waals surface area contributed by atoms with Gasteiger partial charge in [-0.1, -0.05) is 37.9 Å². The second-order valence-electron chi connectivity index (χ2n) is 9.69. The lowest BCUT2D eigenvalue weighted by atomic mass is 9.81. The van der Waals surface area contributed by atoms with Gasteiger partial charge in [0.15, 0.2) is 5.78 Å².